The van der Waals surface area contributed by atoms with E-state index < -0.39 is 0 Å². The highest BCUT2D eigenvalue weighted by Crippen LogP contribution is 2.35. The van der Waals surface area contributed by atoms with Gasteiger partial charge in [-0.3, -0.25) is 0 Å². The van der Waals surface area contributed by atoms with Gasteiger partial charge in [0.2, 0.25) is 0 Å². The van der Waals surface area contributed by atoms with E-state index in [1.165, 1.54) is 17.6 Å². The van der Waals surface area contributed by atoms with Crippen LogP contribution in [0.25, 0.3) is 0 Å². The lowest BCUT2D eigenvalue weighted by atomic mass is 9.87. The van der Waals surface area contributed by atoms with Crippen molar-refractivity contribution >= 4 is 17.5 Å². The van der Waals surface area contributed by atoms with Crippen molar-refractivity contribution in [1.29, 1.82) is 0 Å². The highest BCUT2D eigenvalue weighted by molar-refractivity contribution is 7.05. The molecule has 3 rings (SSSR count). The highest BCUT2D eigenvalue weighted by Gasteiger charge is 2.24. The molecule has 2 heterocycles. The molecule has 110 valence electrons. The van der Waals surface area contributed by atoms with Crippen molar-refractivity contribution in [3.63, 3.8) is 0 Å². The van der Waals surface area contributed by atoms with E-state index in [-0.39, 0.29) is 5.97 Å². The van der Waals surface area contributed by atoms with Gasteiger partial charge in [-0.05, 0) is 60.6 Å². The van der Waals surface area contributed by atoms with Gasteiger partial charge in [0.05, 0.1) is 12.7 Å². The molecule has 2 atom stereocenters. The van der Waals surface area contributed by atoms with Crippen LogP contribution in [0.2, 0.25) is 0 Å². The van der Waals surface area contributed by atoms with Crippen LogP contribution in [0, 0.1) is 0 Å². The standard InChI is InChI=1S/C16H18N2O2S/c1-20-16(19)12-4-2-11(3-5-12)14-10-13(6-8-17-14)15-7-9-18-21-15/h2-5,7,9,13-14,17H,6,8,10H2,1H3/t13?,14-/m0/s1. The number of benzene rings is 1. The third kappa shape index (κ3) is 3.14. The summed E-state index contributed by atoms with van der Waals surface area (Å²) in [5, 5.41) is 3.56. The van der Waals surface area contributed by atoms with Gasteiger partial charge in [-0.15, -0.1) is 0 Å². The zero-order chi connectivity index (χ0) is 14.7. The maximum atomic E-state index is 11.5. The van der Waals surface area contributed by atoms with Crippen molar-refractivity contribution in [2.24, 2.45) is 0 Å². The summed E-state index contributed by atoms with van der Waals surface area (Å²) in [5.74, 6) is 0.282. The number of rotatable bonds is 3. The largest absolute Gasteiger partial charge is 0.465 e. The van der Waals surface area contributed by atoms with Crippen LogP contribution in [-0.2, 0) is 4.74 Å². The van der Waals surface area contributed by atoms with Crippen molar-refractivity contribution in [3.8, 4) is 0 Å². The number of carbonyl (C=O) groups is 1. The predicted molar refractivity (Wildman–Crippen MR) is 82.6 cm³/mol. The minimum atomic E-state index is -0.291. The number of hydrogen-bond donors (Lipinski definition) is 1. The third-order valence-electron chi connectivity index (χ3n) is 4.00. The fraction of sp³-hybridized carbons (Fsp3) is 0.375. The van der Waals surface area contributed by atoms with Crippen molar-refractivity contribution in [2.45, 2.75) is 24.8 Å². The fourth-order valence-electron chi connectivity index (χ4n) is 2.84. The number of nitrogens with zero attached hydrogens (tertiary/aromatic N) is 1. The second-order valence-electron chi connectivity index (χ2n) is 5.26. The molecule has 1 unspecified atom stereocenters. The molecule has 1 N–H and O–H groups in total. The Morgan fingerprint density at radius 3 is 2.81 bits per heavy atom. The van der Waals surface area contributed by atoms with E-state index >= 15 is 0 Å². The molecule has 1 fully saturated rings. The Kier molecular flexibility index (Phi) is 4.31. The predicted octanol–water partition coefficient (Wildman–Crippen LogP) is 3.14. The zero-order valence-corrected chi connectivity index (χ0v) is 12.7. The average Bonchev–Trinajstić information content (AvgIpc) is 3.09. The van der Waals surface area contributed by atoms with Gasteiger partial charge in [-0.25, -0.2) is 9.17 Å². The van der Waals surface area contributed by atoms with E-state index in [1.54, 1.807) is 11.5 Å². The van der Waals surface area contributed by atoms with E-state index in [2.05, 4.69) is 15.8 Å². The van der Waals surface area contributed by atoms with E-state index in [9.17, 15) is 4.79 Å². The first-order valence-corrected chi connectivity index (χ1v) is 7.87. The summed E-state index contributed by atoms with van der Waals surface area (Å²) in [7, 11) is 1.40. The minimum Gasteiger partial charge on any atom is -0.465 e. The average molecular weight is 302 g/mol. The Balaban J connectivity index is 1.73. The van der Waals surface area contributed by atoms with Gasteiger partial charge in [0.25, 0.3) is 0 Å². The minimum absolute atomic E-state index is 0.291. The Morgan fingerprint density at radius 2 is 2.14 bits per heavy atom. The molecule has 0 amide bonds. The molecular formula is C16H18N2O2S. The van der Waals surface area contributed by atoms with Gasteiger partial charge in [-0.2, -0.15) is 0 Å². The van der Waals surface area contributed by atoms with Crippen molar-refractivity contribution in [2.75, 3.05) is 13.7 Å². The molecule has 1 saturated heterocycles. The molecule has 0 saturated carbocycles. The number of hydrogen-bond acceptors (Lipinski definition) is 5. The summed E-state index contributed by atoms with van der Waals surface area (Å²) < 4.78 is 8.93. The number of esters is 1. The fourth-order valence-corrected chi connectivity index (χ4v) is 3.56. The third-order valence-corrected chi connectivity index (χ3v) is 4.91. The summed E-state index contributed by atoms with van der Waals surface area (Å²) >= 11 is 1.60. The number of nitrogens with one attached hydrogen (secondary N) is 1. The van der Waals surface area contributed by atoms with Crippen LogP contribution in [0.15, 0.2) is 36.5 Å². The maximum Gasteiger partial charge on any atom is 0.337 e. The maximum absolute atomic E-state index is 11.5. The summed E-state index contributed by atoms with van der Waals surface area (Å²) in [4.78, 5) is 12.8. The molecule has 0 spiro atoms. The van der Waals surface area contributed by atoms with Crippen molar-refractivity contribution in [3.05, 3.63) is 52.5 Å². The Bertz CT molecular complexity index is 595. The Hall–Kier alpha value is -1.72. The van der Waals surface area contributed by atoms with E-state index in [0.29, 0.717) is 17.5 Å². The molecule has 0 bridgehead atoms. The quantitative estimate of drug-likeness (QED) is 0.885. The lowest BCUT2D eigenvalue weighted by Crippen LogP contribution is -2.30. The molecule has 1 aliphatic heterocycles. The molecule has 1 aromatic heterocycles. The molecule has 1 aliphatic rings. The summed E-state index contributed by atoms with van der Waals surface area (Å²) in [6.45, 7) is 1.01. The Morgan fingerprint density at radius 1 is 1.33 bits per heavy atom. The first kappa shape index (κ1) is 14.2. The molecule has 5 heteroatoms. The van der Waals surface area contributed by atoms with Crippen LogP contribution < -0.4 is 5.32 Å². The van der Waals surface area contributed by atoms with Gasteiger partial charge in [-0.1, -0.05) is 12.1 Å². The molecule has 1 aromatic carbocycles. The van der Waals surface area contributed by atoms with Crippen molar-refractivity contribution < 1.29 is 9.53 Å². The molecule has 0 aliphatic carbocycles. The smallest absolute Gasteiger partial charge is 0.337 e. The first-order chi connectivity index (χ1) is 10.3. The van der Waals surface area contributed by atoms with E-state index in [1.807, 2.05) is 30.5 Å². The van der Waals surface area contributed by atoms with Crippen LogP contribution in [0.3, 0.4) is 0 Å². The normalized spacial score (nSPS) is 22.0. The molecule has 21 heavy (non-hydrogen) atoms. The van der Waals surface area contributed by atoms with Crippen LogP contribution in [0.5, 0.6) is 0 Å². The van der Waals surface area contributed by atoms with Crippen molar-refractivity contribution in [1.82, 2.24) is 9.69 Å². The second kappa shape index (κ2) is 6.37. The van der Waals surface area contributed by atoms with Gasteiger partial charge in [0.1, 0.15) is 0 Å². The molecule has 4 nitrogen and oxygen atoms in total. The monoisotopic (exact) mass is 302 g/mol. The lowest BCUT2D eigenvalue weighted by Gasteiger charge is -2.30. The lowest BCUT2D eigenvalue weighted by molar-refractivity contribution is 0.0600. The number of methoxy groups -OCH3 is 1. The van der Waals surface area contributed by atoms with Gasteiger partial charge in [0.15, 0.2) is 0 Å². The molecule has 2 aromatic rings. The number of carbonyl (C=O) groups excluding carboxylic acids is 1. The van der Waals surface area contributed by atoms with E-state index in [4.69, 9.17) is 4.74 Å². The van der Waals surface area contributed by atoms with Gasteiger partial charge in [0, 0.05) is 17.1 Å². The van der Waals surface area contributed by atoms with Crippen LogP contribution in [0.4, 0.5) is 0 Å². The van der Waals surface area contributed by atoms with Crippen LogP contribution in [0.1, 0.15) is 45.6 Å². The number of piperidine rings is 1. The van der Waals surface area contributed by atoms with E-state index in [0.717, 1.165) is 19.4 Å². The number of aromatic nitrogens is 1. The SMILES string of the molecule is COC(=O)c1ccc([C@@H]2CC(c3ccns3)CCN2)cc1. The Labute approximate surface area is 128 Å². The topological polar surface area (TPSA) is 51.2 Å². The second-order valence-corrected chi connectivity index (χ2v) is 6.12. The van der Waals surface area contributed by atoms with Crippen LogP contribution >= 0.6 is 11.5 Å². The van der Waals surface area contributed by atoms with Gasteiger partial charge < -0.3 is 10.1 Å². The van der Waals surface area contributed by atoms with Gasteiger partial charge >= 0.3 is 5.97 Å². The summed E-state index contributed by atoms with van der Waals surface area (Å²) in [6, 6.07) is 10.1. The summed E-state index contributed by atoms with van der Waals surface area (Å²) in [5.41, 5.74) is 1.81. The van der Waals surface area contributed by atoms with Crippen LogP contribution in [-0.4, -0.2) is 24.0 Å². The zero-order valence-electron chi connectivity index (χ0n) is 11.9. The molecule has 0 radical (unpaired) electrons. The highest BCUT2D eigenvalue weighted by atomic mass is 32.1. The molecular weight excluding hydrogens is 284 g/mol. The first-order valence-electron chi connectivity index (χ1n) is 7.10. The number of ether oxygens (including phenoxy) is 1. The summed E-state index contributed by atoms with van der Waals surface area (Å²) in [6.07, 6.45) is 4.10.